The highest BCUT2D eigenvalue weighted by Gasteiger charge is 2.27. The zero-order valence-electron chi connectivity index (χ0n) is 15.5. The minimum absolute atomic E-state index is 0.154. The molecule has 0 radical (unpaired) electrons. The molecule has 4 heteroatoms. The van der Waals surface area contributed by atoms with E-state index in [2.05, 4.69) is 16.7 Å². The molecule has 1 aliphatic carbocycles. The Morgan fingerprint density at radius 3 is 2.38 bits per heavy atom. The summed E-state index contributed by atoms with van der Waals surface area (Å²) < 4.78 is 5.77. The minimum Gasteiger partial charge on any atom is -0.381 e. The molecule has 2 heterocycles. The highest BCUT2D eigenvalue weighted by atomic mass is 16.5. The number of rotatable bonds is 8. The summed E-state index contributed by atoms with van der Waals surface area (Å²) in [6.07, 6.45) is 10.2. The van der Waals surface area contributed by atoms with Crippen LogP contribution in [0.2, 0.25) is 0 Å². The predicted octanol–water partition coefficient (Wildman–Crippen LogP) is 3.16. The predicted molar refractivity (Wildman–Crippen MR) is 96.9 cm³/mol. The van der Waals surface area contributed by atoms with Crippen molar-refractivity contribution in [1.29, 1.82) is 0 Å². The third kappa shape index (κ3) is 5.73. The number of hydrogen-bond acceptors (Lipinski definition) is 3. The van der Waals surface area contributed by atoms with Gasteiger partial charge in [-0.15, -0.1) is 0 Å². The number of carbonyl (C=O) groups excluding carboxylic acids is 1. The molecule has 2 aliphatic heterocycles. The molecule has 1 atom stereocenters. The second-order valence-electron chi connectivity index (χ2n) is 8.34. The number of likely N-dealkylation sites (tertiary alicyclic amines) is 2. The largest absolute Gasteiger partial charge is 0.381 e. The molecule has 24 heavy (non-hydrogen) atoms. The summed E-state index contributed by atoms with van der Waals surface area (Å²) in [6.45, 7) is 9.24. The summed E-state index contributed by atoms with van der Waals surface area (Å²) in [5, 5.41) is 0. The number of nitrogens with zero attached hydrogens (tertiary/aromatic N) is 2. The molecule has 138 valence electrons. The molecule has 3 aliphatic rings. The smallest absolute Gasteiger partial charge is 0.226 e. The highest BCUT2D eigenvalue weighted by molar-refractivity contribution is 5.78. The molecule has 0 aromatic rings. The first-order valence-electron chi connectivity index (χ1n) is 10.3. The molecule has 0 aromatic heterocycles. The first-order chi connectivity index (χ1) is 11.7. The zero-order valence-corrected chi connectivity index (χ0v) is 15.5. The summed E-state index contributed by atoms with van der Waals surface area (Å²) in [5.74, 6) is 2.15. The van der Waals surface area contributed by atoms with Crippen LogP contribution in [0.1, 0.15) is 58.3 Å². The van der Waals surface area contributed by atoms with Crippen molar-refractivity contribution in [3.8, 4) is 0 Å². The van der Waals surface area contributed by atoms with Crippen LogP contribution in [0.15, 0.2) is 0 Å². The van der Waals surface area contributed by atoms with Crippen molar-refractivity contribution < 1.29 is 9.53 Å². The van der Waals surface area contributed by atoms with Gasteiger partial charge in [0, 0.05) is 38.8 Å². The first kappa shape index (κ1) is 18.2. The van der Waals surface area contributed by atoms with Crippen LogP contribution >= 0.6 is 0 Å². The molecule has 0 N–H and O–H groups in total. The topological polar surface area (TPSA) is 32.8 Å². The third-order valence-electron chi connectivity index (χ3n) is 6.05. The van der Waals surface area contributed by atoms with E-state index >= 15 is 0 Å². The van der Waals surface area contributed by atoms with Crippen LogP contribution in [0.4, 0.5) is 0 Å². The van der Waals surface area contributed by atoms with Gasteiger partial charge in [-0.1, -0.05) is 13.3 Å². The Hall–Kier alpha value is -0.610. The Bertz CT molecular complexity index is 383. The van der Waals surface area contributed by atoms with E-state index in [1.807, 2.05) is 0 Å². The van der Waals surface area contributed by atoms with E-state index in [1.54, 1.807) is 0 Å². The van der Waals surface area contributed by atoms with Crippen molar-refractivity contribution in [3.63, 3.8) is 0 Å². The average molecular weight is 337 g/mol. The van der Waals surface area contributed by atoms with Crippen molar-refractivity contribution in [3.05, 3.63) is 0 Å². The van der Waals surface area contributed by atoms with Gasteiger partial charge in [0.2, 0.25) is 5.91 Å². The van der Waals surface area contributed by atoms with E-state index in [-0.39, 0.29) is 5.92 Å². The van der Waals surface area contributed by atoms with Crippen LogP contribution in [0, 0.1) is 17.8 Å². The third-order valence-corrected chi connectivity index (χ3v) is 6.05. The average Bonchev–Trinajstić information content (AvgIpc) is 3.44. The molecular weight excluding hydrogens is 300 g/mol. The number of amides is 1. The van der Waals surface area contributed by atoms with Gasteiger partial charge in [0.25, 0.3) is 0 Å². The van der Waals surface area contributed by atoms with Crippen LogP contribution in [0.5, 0.6) is 0 Å². The summed E-state index contributed by atoms with van der Waals surface area (Å²) in [7, 11) is 0. The fraction of sp³-hybridized carbons (Fsp3) is 0.950. The summed E-state index contributed by atoms with van der Waals surface area (Å²) >= 11 is 0. The molecule has 1 saturated carbocycles. The van der Waals surface area contributed by atoms with Gasteiger partial charge >= 0.3 is 0 Å². The van der Waals surface area contributed by atoms with Gasteiger partial charge in [-0.2, -0.15) is 0 Å². The van der Waals surface area contributed by atoms with Crippen LogP contribution in [-0.4, -0.2) is 61.6 Å². The van der Waals surface area contributed by atoms with Gasteiger partial charge in [0.05, 0.1) is 0 Å². The fourth-order valence-electron chi connectivity index (χ4n) is 4.15. The van der Waals surface area contributed by atoms with Crippen molar-refractivity contribution in [2.45, 2.75) is 58.3 Å². The van der Waals surface area contributed by atoms with Crippen molar-refractivity contribution in [2.75, 3.05) is 45.9 Å². The number of ether oxygens (including phenoxy) is 1. The van der Waals surface area contributed by atoms with Crippen molar-refractivity contribution in [1.82, 2.24) is 9.80 Å². The maximum atomic E-state index is 12.7. The SMILES string of the molecule is CC(CN1CCCCC1)C(=O)N1CCC(CCOCC2CC2)CC1. The first-order valence-corrected chi connectivity index (χ1v) is 10.3. The molecule has 3 fully saturated rings. The van der Waals surface area contributed by atoms with E-state index in [1.165, 1.54) is 51.6 Å². The molecule has 0 spiro atoms. The van der Waals surface area contributed by atoms with E-state index in [0.29, 0.717) is 5.91 Å². The molecule has 3 rings (SSSR count). The van der Waals surface area contributed by atoms with E-state index in [0.717, 1.165) is 57.5 Å². The number of piperidine rings is 2. The van der Waals surface area contributed by atoms with Crippen LogP contribution in [0.25, 0.3) is 0 Å². The molecule has 0 aromatic carbocycles. The quantitative estimate of drug-likeness (QED) is 0.638. The van der Waals surface area contributed by atoms with Gasteiger partial charge in [0.15, 0.2) is 0 Å². The Labute approximate surface area is 147 Å². The van der Waals surface area contributed by atoms with Crippen molar-refractivity contribution >= 4 is 5.91 Å². The second-order valence-corrected chi connectivity index (χ2v) is 8.34. The van der Waals surface area contributed by atoms with Crippen LogP contribution < -0.4 is 0 Å². The molecule has 2 saturated heterocycles. The lowest BCUT2D eigenvalue weighted by molar-refractivity contribution is -0.137. The van der Waals surface area contributed by atoms with Gasteiger partial charge in [-0.05, 0) is 69.9 Å². The Kier molecular flexibility index (Phi) is 6.96. The summed E-state index contributed by atoms with van der Waals surface area (Å²) in [5.41, 5.74) is 0. The minimum atomic E-state index is 0.154. The Morgan fingerprint density at radius 1 is 1.00 bits per heavy atom. The molecule has 4 nitrogen and oxygen atoms in total. The zero-order chi connectivity index (χ0) is 16.8. The molecular formula is C20H36N2O2. The van der Waals surface area contributed by atoms with E-state index in [4.69, 9.17) is 4.74 Å². The van der Waals surface area contributed by atoms with Crippen LogP contribution in [-0.2, 0) is 9.53 Å². The Balaban J connectivity index is 1.30. The lowest BCUT2D eigenvalue weighted by Gasteiger charge is -2.35. The van der Waals surface area contributed by atoms with E-state index < -0.39 is 0 Å². The normalized spacial score (nSPS) is 25.0. The highest BCUT2D eigenvalue weighted by Crippen LogP contribution is 2.29. The van der Waals surface area contributed by atoms with Gasteiger partial charge in [0.1, 0.15) is 0 Å². The Morgan fingerprint density at radius 2 is 1.71 bits per heavy atom. The standard InChI is InChI=1S/C20H36N2O2/c1-17(15-21-10-3-2-4-11-21)20(23)22-12-7-18(8-13-22)9-14-24-16-19-5-6-19/h17-19H,2-16H2,1H3. The number of carbonyl (C=O) groups is 1. The molecule has 1 unspecified atom stereocenters. The van der Waals surface area contributed by atoms with E-state index in [9.17, 15) is 4.79 Å². The van der Waals surface area contributed by atoms with Gasteiger partial charge in [-0.3, -0.25) is 4.79 Å². The summed E-state index contributed by atoms with van der Waals surface area (Å²) in [4.78, 5) is 17.3. The maximum absolute atomic E-state index is 12.7. The monoisotopic (exact) mass is 336 g/mol. The molecule has 1 amide bonds. The van der Waals surface area contributed by atoms with Gasteiger partial charge < -0.3 is 14.5 Å². The second kappa shape index (κ2) is 9.19. The fourth-order valence-corrected chi connectivity index (χ4v) is 4.15. The lowest BCUT2D eigenvalue weighted by Crippen LogP contribution is -2.45. The van der Waals surface area contributed by atoms with Crippen LogP contribution in [0.3, 0.4) is 0 Å². The maximum Gasteiger partial charge on any atom is 0.226 e. The van der Waals surface area contributed by atoms with Gasteiger partial charge in [-0.25, -0.2) is 0 Å². The van der Waals surface area contributed by atoms with Crippen molar-refractivity contribution in [2.24, 2.45) is 17.8 Å². The lowest BCUT2D eigenvalue weighted by atomic mass is 9.93. The summed E-state index contributed by atoms with van der Waals surface area (Å²) in [6, 6.07) is 0. The molecule has 0 bridgehead atoms. The number of hydrogen-bond donors (Lipinski definition) is 0.